The van der Waals surface area contributed by atoms with Crippen LogP contribution < -0.4 is 10.6 Å². The average Bonchev–Trinajstić information content (AvgIpc) is 2.96. The lowest BCUT2D eigenvalue weighted by Crippen LogP contribution is -2.44. The van der Waals surface area contributed by atoms with Crippen LogP contribution in [0.5, 0.6) is 0 Å². The highest BCUT2D eigenvalue weighted by Gasteiger charge is 2.30. The number of carbonyl (C=O) groups is 1. The van der Waals surface area contributed by atoms with Gasteiger partial charge in [-0.3, -0.25) is 9.79 Å². The minimum absolute atomic E-state index is 0.140. The summed E-state index contributed by atoms with van der Waals surface area (Å²) in [5.74, 6) is 0.309. The first-order chi connectivity index (χ1) is 10.4. The minimum Gasteiger partial charge on any atom is -0.357 e. The summed E-state index contributed by atoms with van der Waals surface area (Å²) in [7, 11) is 0. The number of alkyl halides is 3. The maximum absolute atomic E-state index is 12.5. The summed E-state index contributed by atoms with van der Waals surface area (Å²) in [6.45, 7) is 2.93. The van der Waals surface area contributed by atoms with Crippen molar-refractivity contribution in [3.8, 4) is 0 Å². The highest BCUT2D eigenvalue weighted by atomic mass is 19.4. The number of halogens is 3. The van der Waals surface area contributed by atoms with Gasteiger partial charge in [-0.15, -0.1) is 0 Å². The Kier molecular flexibility index (Phi) is 5.05. The molecule has 120 valence electrons. The van der Waals surface area contributed by atoms with Crippen molar-refractivity contribution in [2.45, 2.75) is 32.0 Å². The predicted molar refractivity (Wildman–Crippen MR) is 77.7 cm³/mol. The Hall–Kier alpha value is -2.05. The zero-order chi connectivity index (χ0) is 16.2. The van der Waals surface area contributed by atoms with Gasteiger partial charge in [0.05, 0.1) is 12.1 Å². The molecule has 7 heteroatoms. The summed E-state index contributed by atoms with van der Waals surface area (Å²) in [4.78, 5) is 16.1. The molecule has 1 aliphatic heterocycles. The Morgan fingerprint density at radius 3 is 2.64 bits per heavy atom. The van der Waals surface area contributed by atoms with Gasteiger partial charge in [-0.25, -0.2) is 0 Å². The fraction of sp³-hybridized carbons (Fsp3) is 0.467. The minimum atomic E-state index is -4.36. The number of rotatable bonds is 5. The number of aliphatic imine (C=N–C) groups is 1. The molecule has 1 unspecified atom stereocenters. The molecule has 1 aromatic carbocycles. The molecule has 0 fully saturated rings. The number of amidine groups is 1. The maximum atomic E-state index is 12.5. The molecule has 0 radical (unpaired) electrons. The Bertz CT molecular complexity index is 552. The molecule has 2 rings (SSSR count). The van der Waals surface area contributed by atoms with Crippen LogP contribution >= 0.6 is 0 Å². The fourth-order valence-corrected chi connectivity index (χ4v) is 2.09. The summed E-state index contributed by atoms with van der Waals surface area (Å²) in [5, 5.41) is 5.75. The highest BCUT2D eigenvalue weighted by molar-refractivity contribution is 6.03. The van der Waals surface area contributed by atoms with Crippen molar-refractivity contribution in [1.82, 2.24) is 10.6 Å². The number of nitrogens with zero attached hydrogens (tertiary/aromatic N) is 1. The third-order valence-corrected chi connectivity index (χ3v) is 3.37. The third-order valence-electron chi connectivity index (χ3n) is 3.37. The van der Waals surface area contributed by atoms with Gasteiger partial charge in [0.25, 0.3) is 0 Å². The molecule has 0 saturated carbocycles. The van der Waals surface area contributed by atoms with E-state index in [-0.39, 0.29) is 12.5 Å². The van der Waals surface area contributed by atoms with E-state index in [9.17, 15) is 18.0 Å². The van der Waals surface area contributed by atoms with E-state index in [0.29, 0.717) is 17.9 Å². The largest absolute Gasteiger partial charge is 0.416 e. The van der Waals surface area contributed by atoms with Crippen LogP contribution in [0.25, 0.3) is 0 Å². The lowest BCUT2D eigenvalue weighted by Gasteiger charge is -2.12. The Labute approximate surface area is 126 Å². The molecule has 4 nitrogen and oxygen atoms in total. The van der Waals surface area contributed by atoms with Crippen molar-refractivity contribution in [3.05, 3.63) is 35.4 Å². The first-order valence-corrected chi connectivity index (χ1v) is 7.18. The average molecular weight is 313 g/mol. The van der Waals surface area contributed by atoms with Crippen LogP contribution in [0.15, 0.2) is 29.3 Å². The molecule has 1 aliphatic rings. The molecule has 2 N–H and O–H groups in total. The Balaban J connectivity index is 1.94. The number of unbranched alkanes of at least 4 members (excludes halogenated alkanes) is 1. The lowest BCUT2D eigenvalue weighted by atomic mass is 10.1. The van der Waals surface area contributed by atoms with Gasteiger partial charge in [-0.1, -0.05) is 25.5 Å². The molecule has 0 spiro atoms. The van der Waals surface area contributed by atoms with Gasteiger partial charge < -0.3 is 10.6 Å². The molecular formula is C15H18F3N3O. The van der Waals surface area contributed by atoms with Crippen molar-refractivity contribution >= 4 is 11.7 Å². The zero-order valence-corrected chi connectivity index (χ0v) is 12.2. The first kappa shape index (κ1) is 16.3. The smallest absolute Gasteiger partial charge is 0.357 e. The number of benzene rings is 1. The van der Waals surface area contributed by atoms with Gasteiger partial charge in [0.2, 0.25) is 5.91 Å². The lowest BCUT2D eigenvalue weighted by molar-refractivity contribution is -0.137. The molecule has 0 aromatic heterocycles. The van der Waals surface area contributed by atoms with Crippen LogP contribution in [0.4, 0.5) is 13.2 Å². The fourth-order valence-electron chi connectivity index (χ4n) is 2.09. The molecule has 1 heterocycles. The Morgan fingerprint density at radius 1 is 1.36 bits per heavy atom. The van der Waals surface area contributed by atoms with E-state index in [1.165, 1.54) is 12.1 Å². The molecule has 1 atom stereocenters. The van der Waals surface area contributed by atoms with Crippen LogP contribution in [-0.2, 0) is 11.0 Å². The number of hydrogen-bond donors (Lipinski definition) is 2. The van der Waals surface area contributed by atoms with E-state index in [4.69, 9.17) is 0 Å². The van der Waals surface area contributed by atoms with E-state index in [0.717, 1.165) is 25.0 Å². The van der Waals surface area contributed by atoms with Crippen molar-refractivity contribution in [2.24, 2.45) is 4.99 Å². The van der Waals surface area contributed by atoms with E-state index in [1.54, 1.807) is 0 Å². The van der Waals surface area contributed by atoms with Gasteiger partial charge in [-0.2, -0.15) is 13.2 Å². The number of hydrogen-bond acceptors (Lipinski definition) is 3. The normalized spacial score (nSPS) is 17.8. The van der Waals surface area contributed by atoms with Gasteiger partial charge in [0.15, 0.2) is 0 Å². The van der Waals surface area contributed by atoms with Crippen LogP contribution in [0.3, 0.4) is 0 Å². The summed E-state index contributed by atoms with van der Waals surface area (Å²) < 4.78 is 37.5. The van der Waals surface area contributed by atoms with E-state index >= 15 is 0 Å². The number of carbonyl (C=O) groups excluding carboxylic acids is 1. The maximum Gasteiger partial charge on any atom is 0.416 e. The van der Waals surface area contributed by atoms with Crippen molar-refractivity contribution < 1.29 is 18.0 Å². The van der Waals surface area contributed by atoms with E-state index in [1.807, 2.05) is 6.92 Å². The molecule has 1 aromatic rings. The monoisotopic (exact) mass is 313 g/mol. The second-order valence-electron chi connectivity index (χ2n) is 5.11. The van der Waals surface area contributed by atoms with Crippen LogP contribution in [0.1, 0.15) is 30.9 Å². The summed E-state index contributed by atoms with van der Waals surface area (Å²) in [6.07, 6.45) is -2.46. The molecule has 0 saturated heterocycles. The number of nitrogens with one attached hydrogen (secondary N) is 2. The molecule has 22 heavy (non-hydrogen) atoms. The van der Waals surface area contributed by atoms with Gasteiger partial charge in [-0.05, 0) is 18.6 Å². The summed E-state index contributed by atoms with van der Waals surface area (Å²) in [5.41, 5.74) is -0.166. The third kappa shape index (κ3) is 3.99. The number of amides is 1. The Morgan fingerprint density at radius 2 is 2.05 bits per heavy atom. The van der Waals surface area contributed by atoms with E-state index < -0.39 is 17.8 Å². The van der Waals surface area contributed by atoms with Crippen LogP contribution in [0, 0.1) is 0 Å². The van der Waals surface area contributed by atoms with Crippen molar-refractivity contribution in [1.29, 1.82) is 0 Å². The summed E-state index contributed by atoms with van der Waals surface area (Å²) >= 11 is 0. The molecular weight excluding hydrogens is 295 g/mol. The molecule has 1 amide bonds. The predicted octanol–water partition coefficient (Wildman–Crippen LogP) is 2.34. The highest BCUT2D eigenvalue weighted by Crippen LogP contribution is 2.29. The van der Waals surface area contributed by atoms with Crippen molar-refractivity contribution in [2.75, 3.05) is 13.1 Å². The van der Waals surface area contributed by atoms with Crippen LogP contribution in [-0.4, -0.2) is 30.9 Å². The SMILES string of the molecule is CCCCNC(=O)C1CN=C(c2ccc(C(F)(F)F)cc2)N1. The van der Waals surface area contributed by atoms with Gasteiger partial charge in [0, 0.05) is 12.1 Å². The quantitative estimate of drug-likeness (QED) is 0.820. The first-order valence-electron chi connectivity index (χ1n) is 7.18. The van der Waals surface area contributed by atoms with E-state index in [2.05, 4.69) is 15.6 Å². The standard InChI is InChI=1S/C15H18F3N3O/c1-2-3-8-19-14(22)12-9-20-13(21-12)10-4-6-11(7-5-10)15(16,17)18/h4-7,12H,2-3,8-9H2,1H3,(H,19,22)(H,20,21). The molecule has 0 bridgehead atoms. The molecule has 0 aliphatic carbocycles. The zero-order valence-electron chi connectivity index (χ0n) is 12.2. The summed E-state index contributed by atoms with van der Waals surface area (Å²) in [6, 6.07) is 4.26. The topological polar surface area (TPSA) is 53.5 Å². The van der Waals surface area contributed by atoms with Gasteiger partial charge in [0.1, 0.15) is 11.9 Å². The second-order valence-corrected chi connectivity index (χ2v) is 5.11. The van der Waals surface area contributed by atoms with Crippen molar-refractivity contribution in [3.63, 3.8) is 0 Å². The van der Waals surface area contributed by atoms with Crippen LogP contribution in [0.2, 0.25) is 0 Å². The van der Waals surface area contributed by atoms with Gasteiger partial charge >= 0.3 is 6.18 Å². The second kappa shape index (κ2) is 6.81.